The van der Waals surface area contributed by atoms with Crippen molar-refractivity contribution in [3.8, 4) is 0 Å². The van der Waals surface area contributed by atoms with Gasteiger partial charge in [0.1, 0.15) is 0 Å². The molecule has 2 saturated carbocycles. The van der Waals surface area contributed by atoms with E-state index in [4.69, 9.17) is 0 Å². The predicted molar refractivity (Wildman–Crippen MR) is 68.7 cm³/mol. The van der Waals surface area contributed by atoms with Gasteiger partial charge in [-0.15, -0.1) is 0 Å². The SMILES string of the molecule is CCC1(C2CC2)CC(=O)NC(=O)C1C1CCCC1. The average molecular weight is 249 g/mol. The van der Waals surface area contributed by atoms with E-state index < -0.39 is 0 Å². The minimum absolute atomic E-state index is 0.00553. The second-order valence-corrected chi connectivity index (χ2v) is 6.47. The highest BCUT2D eigenvalue weighted by Gasteiger charge is 2.57. The molecular formula is C15H23NO2. The van der Waals surface area contributed by atoms with Crippen molar-refractivity contribution >= 4 is 11.8 Å². The molecule has 3 rings (SSSR count). The monoisotopic (exact) mass is 249 g/mol. The van der Waals surface area contributed by atoms with Crippen molar-refractivity contribution in [2.45, 2.75) is 58.3 Å². The molecule has 3 fully saturated rings. The van der Waals surface area contributed by atoms with Crippen LogP contribution in [-0.4, -0.2) is 11.8 Å². The molecule has 1 saturated heterocycles. The van der Waals surface area contributed by atoms with Crippen LogP contribution in [0.25, 0.3) is 0 Å². The molecule has 1 N–H and O–H groups in total. The van der Waals surface area contributed by atoms with Crippen LogP contribution in [0.5, 0.6) is 0 Å². The molecule has 1 heterocycles. The van der Waals surface area contributed by atoms with E-state index in [1.165, 1.54) is 38.5 Å². The van der Waals surface area contributed by atoms with Gasteiger partial charge in [0, 0.05) is 12.3 Å². The zero-order chi connectivity index (χ0) is 12.8. The van der Waals surface area contributed by atoms with Crippen LogP contribution in [0.4, 0.5) is 0 Å². The van der Waals surface area contributed by atoms with Gasteiger partial charge in [-0.2, -0.15) is 0 Å². The van der Waals surface area contributed by atoms with Crippen LogP contribution in [0.1, 0.15) is 58.3 Å². The van der Waals surface area contributed by atoms with E-state index in [9.17, 15) is 9.59 Å². The standard InChI is InChI=1S/C15H23NO2/c1-2-15(11-7-8-11)9-12(17)16-14(18)13(15)10-5-3-4-6-10/h10-11,13H,2-9H2,1H3,(H,16,17,18). The van der Waals surface area contributed by atoms with Crippen molar-refractivity contribution in [3.05, 3.63) is 0 Å². The molecule has 100 valence electrons. The Morgan fingerprint density at radius 2 is 1.83 bits per heavy atom. The first-order valence-electron chi connectivity index (χ1n) is 7.51. The maximum Gasteiger partial charge on any atom is 0.230 e. The molecule has 3 nitrogen and oxygen atoms in total. The molecule has 0 radical (unpaired) electrons. The number of nitrogens with one attached hydrogen (secondary N) is 1. The van der Waals surface area contributed by atoms with Crippen molar-refractivity contribution in [2.24, 2.45) is 23.2 Å². The molecule has 0 aromatic carbocycles. The summed E-state index contributed by atoms with van der Waals surface area (Å²) in [6.45, 7) is 2.17. The maximum absolute atomic E-state index is 12.4. The summed E-state index contributed by atoms with van der Waals surface area (Å²) in [5, 5.41) is 2.60. The number of imide groups is 1. The second kappa shape index (κ2) is 4.36. The molecule has 18 heavy (non-hydrogen) atoms. The van der Waals surface area contributed by atoms with Gasteiger partial charge >= 0.3 is 0 Å². The number of carbonyl (C=O) groups is 2. The number of rotatable bonds is 3. The molecular weight excluding hydrogens is 226 g/mol. The summed E-state index contributed by atoms with van der Waals surface area (Å²) in [7, 11) is 0. The van der Waals surface area contributed by atoms with E-state index in [2.05, 4.69) is 12.2 Å². The van der Waals surface area contributed by atoms with Crippen molar-refractivity contribution in [3.63, 3.8) is 0 Å². The van der Waals surface area contributed by atoms with Gasteiger partial charge < -0.3 is 0 Å². The van der Waals surface area contributed by atoms with Crippen molar-refractivity contribution < 1.29 is 9.59 Å². The predicted octanol–water partition coefficient (Wildman–Crippen LogP) is 2.65. The van der Waals surface area contributed by atoms with Crippen LogP contribution in [0.2, 0.25) is 0 Å². The topological polar surface area (TPSA) is 46.2 Å². The number of carbonyl (C=O) groups excluding carboxylic acids is 2. The molecule has 3 aliphatic rings. The van der Waals surface area contributed by atoms with E-state index in [-0.39, 0.29) is 23.1 Å². The quantitative estimate of drug-likeness (QED) is 0.782. The Labute approximate surface area is 109 Å². The van der Waals surface area contributed by atoms with Gasteiger partial charge in [-0.25, -0.2) is 0 Å². The third kappa shape index (κ3) is 1.79. The molecule has 0 spiro atoms. The number of piperidine rings is 1. The summed E-state index contributed by atoms with van der Waals surface area (Å²) in [5.74, 6) is 1.26. The van der Waals surface area contributed by atoms with E-state index in [1.54, 1.807) is 0 Å². The van der Waals surface area contributed by atoms with Crippen molar-refractivity contribution in [2.75, 3.05) is 0 Å². The Hall–Kier alpha value is -0.860. The lowest BCUT2D eigenvalue weighted by Gasteiger charge is -2.45. The molecule has 2 unspecified atom stereocenters. The van der Waals surface area contributed by atoms with Gasteiger partial charge in [0.2, 0.25) is 11.8 Å². The number of hydrogen-bond acceptors (Lipinski definition) is 2. The van der Waals surface area contributed by atoms with E-state index in [0.717, 1.165) is 6.42 Å². The summed E-state index contributed by atoms with van der Waals surface area (Å²) in [6.07, 6.45) is 8.88. The zero-order valence-electron chi connectivity index (χ0n) is 11.2. The highest BCUT2D eigenvalue weighted by molar-refractivity contribution is 6.00. The highest BCUT2D eigenvalue weighted by Crippen LogP contribution is 2.59. The van der Waals surface area contributed by atoms with Gasteiger partial charge in [-0.05, 0) is 49.4 Å². The fraction of sp³-hybridized carbons (Fsp3) is 0.867. The van der Waals surface area contributed by atoms with Crippen molar-refractivity contribution in [1.82, 2.24) is 5.32 Å². The molecule has 1 aliphatic heterocycles. The molecule has 2 aliphatic carbocycles. The first kappa shape index (κ1) is 12.2. The number of amides is 2. The fourth-order valence-corrected chi connectivity index (χ4v) is 4.59. The molecule has 2 atom stereocenters. The third-order valence-electron chi connectivity index (χ3n) is 5.57. The Kier molecular flexibility index (Phi) is 2.95. The Balaban J connectivity index is 1.93. The van der Waals surface area contributed by atoms with Gasteiger partial charge in [0.05, 0.1) is 0 Å². The second-order valence-electron chi connectivity index (χ2n) is 6.47. The normalized spacial score (nSPS) is 37.9. The lowest BCUT2D eigenvalue weighted by atomic mass is 9.60. The first-order valence-corrected chi connectivity index (χ1v) is 7.51. The largest absolute Gasteiger partial charge is 0.296 e. The summed E-state index contributed by atoms with van der Waals surface area (Å²) < 4.78 is 0. The van der Waals surface area contributed by atoms with Crippen molar-refractivity contribution in [1.29, 1.82) is 0 Å². The third-order valence-corrected chi connectivity index (χ3v) is 5.57. The molecule has 3 heteroatoms. The van der Waals surface area contributed by atoms with Crippen LogP contribution in [0, 0.1) is 23.2 Å². The summed E-state index contributed by atoms with van der Waals surface area (Å²) in [4.78, 5) is 24.2. The minimum atomic E-state index is -0.0389. The molecule has 0 bridgehead atoms. The van der Waals surface area contributed by atoms with Crippen LogP contribution < -0.4 is 5.32 Å². The summed E-state index contributed by atoms with van der Waals surface area (Å²) in [6, 6.07) is 0. The number of hydrogen-bond donors (Lipinski definition) is 1. The summed E-state index contributed by atoms with van der Waals surface area (Å²) in [5.41, 5.74) is -0.00553. The van der Waals surface area contributed by atoms with Crippen LogP contribution in [0.15, 0.2) is 0 Å². The fourth-order valence-electron chi connectivity index (χ4n) is 4.59. The lowest BCUT2D eigenvalue weighted by Crippen LogP contribution is -2.55. The molecule has 0 aromatic heterocycles. The highest BCUT2D eigenvalue weighted by atomic mass is 16.2. The Bertz CT molecular complexity index is 369. The smallest absolute Gasteiger partial charge is 0.230 e. The molecule has 2 amide bonds. The lowest BCUT2D eigenvalue weighted by molar-refractivity contribution is -0.148. The van der Waals surface area contributed by atoms with E-state index >= 15 is 0 Å². The first-order chi connectivity index (χ1) is 8.67. The Morgan fingerprint density at radius 3 is 2.39 bits per heavy atom. The average Bonchev–Trinajstić information content (AvgIpc) is 3.06. The van der Waals surface area contributed by atoms with Gasteiger partial charge in [0.25, 0.3) is 0 Å². The van der Waals surface area contributed by atoms with E-state index in [1.807, 2.05) is 0 Å². The minimum Gasteiger partial charge on any atom is -0.296 e. The van der Waals surface area contributed by atoms with Gasteiger partial charge in [-0.3, -0.25) is 14.9 Å². The molecule has 0 aromatic rings. The zero-order valence-corrected chi connectivity index (χ0v) is 11.2. The summed E-state index contributed by atoms with van der Waals surface area (Å²) >= 11 is 0. The van der Waals surface area contributed by atoms with Crippen LogP contribution in [0.3, 0.4) is 0 Å². The van der Waals surface area contributed by atoms with E-state index in [0.29, 0.717) is 18.3 Å². The van der Waals surface area contributed by atoms with Gasteiger partial charge in [-0.1, -0.05) is 19.8 Å². The Morgan fingerprint density at radius 1 is 1.17 bits per heavy atom. The van der Waals surface area contributed by atoms with Crippen LogP contribution >= 0.6 is 0 Å². The van der Waals surface area contributed by atoms with Crippen LogP contribution in [-0.2, 0) is 9.59 Å². The van der Waals surface area contributed by atoms with Gasteiger partial charge in [0.15, 0.2) is 0 Å². The maximum atomic E-state index is 12.4.